The molecule has 0 aliphatic rings. The van der Waals surface area contributed by atoms with Gasteiger partial charge < -0.3 is 10.6 Å². The molecule has 0 atom stereocenters. The molecule has 0 aliphatic carbocycles. The lowest BCUT2D eigenvalue weighted by Crippen LogP contribution is -2.47. The van der Waals surface area contributed by atoms with E-state index in [1.54, 1.807) is 13.8 Å². The van der Waals surface area contributed by atoms with Gasteiger partial charge in [-0.2, -0.15) is 0 Å². The van der Waals surface area contributed by atoms with Crippen molar-refractivity contribution in [2.75, 3.05) is 0 Å². The molecule has 2 rings (SSSR count). The van der Waals surface area contributed by atoms with Crippen molar-refractivity contribution in [2.24, 2.45) is 5.41 Å². The molecule has 0 aromatic heterocycles. The number of benzene rings is 2. The van der Waals surface area contributed by atoms with Gasteiger partial charge in [0.05, 0.1) is 0 Å². The fraction of sp³-hybridized carbons (Fsp3) is 0.333. The van der Waals surface area contributed by atoms with Gasteiger partial charge in [0, 0.05) is 13.1 Å². The average Bonchev–Trinajstić information content (AvgIpc) is 2.58. The lowest BCUT2D eigenvalue weighted by molar-refractivity contribution is -0.141. The molecule has 0 spiro atoms. The van der Waals surface area contributed by atoms with Crippen LogP contribution >= 0.6 is 0 Å². The number of nitrogens with one attached hydrogen (secondary N) is 2. The van der Waals surface area contributed by atoms with Crippen molar-refractivity contribution in [3.63, 3.8) is 0 Å². The molecule has 132 valence electrons. The number of amides is 2. The van der Waals surface area contributed by atoms with Crippen LogP contribution < -0.4 is 10.6 Å². The first-order valence-electron chi connectivity index (χ1n) is 8.47. The highest BCUT2D eigenvalue weighted by molar-refractivity contribution is 6.04. The zero-order chi connectivity index (χ0) is 18.4. The molecule has 0 heterocycles. The summed E-state index contributed by atoms with van der Waals surface area (Å²) in [6.07, 6.45) is 0. The molecule has 0 radical (unpaired) electrons. The molecule has 2 amide bonds. The van der Waals surface area contributed by atoms with E-state index in [4.69, 9.17) is 0 Å². The second-order valence-electron chi connectivity index (χ2n) is 6.91. The summed E-state index contributed by atoms with van der Waals surface area (Å²) in [5, 5.41) is 5.73. The van der Waals surface area contributed by atoms with Crippen molar-refractivity contribution in [3.05, 3.63) is 70.8 Å². The van der Waals surface area contributed by atoms with Gasteiger partial charge in [-0.1, -0.05) is 54.1 Å². The molecule has 2 aromatic rings. The standard InChI is InChI=1S/C21H26N2O2/c1-15-8-7-10-17(12-15)13-22-19(24)21(3,4)20(25)23-14-18-11-6-5-9-16(18)2/h5-12H,13-14H2,1-4H3,(H,22,24)(H,23,25). The zero-order valence-corrected chi connectivity index (χ0v) is 15.3. The van der Waals surface area contributed by atoms with Crippen LogP contribution in [0.5, 0.6) is 0 Å². The highest BCUT2D eigenvalue weighted by atomic mass is 16.2. The van der Waals surface area contributed by atoms with Gasteiger partial charge in [-0.3, -0.25) is 9.59 Å². The van der Waals surface area contributed by atoms with E-state index in [-0.39, 0.29) is 11.8 Å². The molecule has 4 nitrogen and oxygen atoms in total. The van der Waals surface area contributed by atoms with Crippen molar-refractivity contribution in [3.8, 4) is 0 Å². The van der Waals surface area contributed by atoms with Crippen LogP contribution in [0.2, 0.25) is 0 Å². The van der Waals surface area contributed by atoms with Crippen molar-refractivity contribution >= 4 is 11.8 Å². The summed E-state index contributed by atoms with van der Waals surface area (Å²) in [7, 11) is 0. The minimum absolute atomic E-state index is 0.280. The lowest BCUT2D eigenvalue weighted by atomic mass is 9.90. The Morgan fingerprint density at radius 3 is 2.16 bits per heavy atom. The van der Waals surface area contributed by atoms with Gasteiger partial charge in [0.25, 0.3) is 0 Å². The van der Waals surface area contributed by atoms with Gasteiger partial charge in [0.15, 0.2) is 0 Å². The maximum Gasteiger partial charge on any atom is 0.235 e. The average molecular weight is 338 g/mol. The predicted molar refractivity (Wildman–Crippen MR) is 99.8 cm³/mol. The molecule has 4 heteroatoms. The number of hydrogen-bond donors (Lipinski definition) is 2. The maximum absolute atomic E-state index is 12.5. The SMILES string of the molecule is Cc1cccc(CNC(=O)C(C)(C)C(=O)NCc2ccccc2C)c1. The van der Waals surface area contributed by atoms with Crippen LogP contribution in [0.1, 0.15) is 36.1 Å². The fourth-order valence-corrected chi connectivity index (χ4v) is 2.53. The zero-order valence-electron chi connectivity index (χ0n) is 15.3. The molecule has 0 bridgehead atoms. The molecule has 0 fully saturated rings. The molecule has 0 saturated carbocycles. The van der Waals surface area contributed by atoms with Gasteiger partial charge in [-0.05, 0) is 44.4 Å². The summed E-state index contributed by atoms with van der Waals surface area (Å²) in [5.74, 6) is -0.561. The van der Waals surface area contributed by atoms with E-state index in [9.17, 15) is 9.59 Å². The first-order chi connectivity index (χ1) is 11.8. The minimum Gasteiger partial charge on any atom is -0.351 e. The summed E-state index contributed by atoms with van der Waals surface area (Å²) in [5.41, 5.74) is 3.19. The van der Waals surface area contributed by atoms with Gasteiger partial charge in [-0.25, -0.2) is 0 Å². The Labute approximate surface area is 149 Å². The van der Waals surface area contributed by atoms with Crippen molar-refractivity contribution < 1.29 is 9.59 Å². The van der Waals surface area contributed by atoms with E-state index >= 15 is 0 Å². The smallest absolute Gasteiger partial charge is 0.235 e. The third-order valence-corrected chi connectivity index (χ3v) is 4.37. The van der Waals surface area contributed by atoms with Crippen molar-refractivity contribution in [2.45, 2.75) is 40.8 Å². The Kier molecular flexibility index (Phi) is 5.97. The fourth-order valence-electron chi connectivity index (χ4n) is 2.53. The van der Waals surface area contributed by atoms with E-state index in [1.807, 2.05) is 62.4 Å². The van der Waals surface area contributed by atoms with Gasteiger partial charge in [0.2, 0.25) is 11.8 Å². The number of carbonyl (C=O) groups excluding carboxylic acids is 2. The number of rotatable bonds is 6. The van der Waals surface area contributed by atoms with E-state index in [0.717, 1.165) is 22.3 Å². The lowest BCUT2D eigenvalue weighted by Gasteiger charge is -2.23. The Morgan fingerprint density at radius 2 is 1.52 bits per heavy atom. The minimum atomic E-state index is -1.13. The Morgan fingerprint density at radius 1 is 0.880 bits per heavy atom. The van der Waals surface area contributed by atoms with E-state index < -0.39 is 5.41 Å². The number of carbonyl (C=O) groups is 2. The Balaban J connectivity index is 1.93. The second-order valence-corrected chi connectivity index (χ2v) is 6.91. The summed E-state index contributed by atoms with van der Waals surface area (Å²) < 4.78 is 0. The maximum atomic E-state index is 12.5. The third-order valence-electron chi connectivity index (χ3n) is 4.37. The van der Waals surface area contributed by atoms with Crippen molar-refractivity contribution in [1.82, 2.24) is 10.6 Å². The summed E-state index contributed by atoms with van der Waals surface area (Å²) in [6, 6.07) is 15.8. The second kappa shape index (κ2) is 7.97. The number of hydrogen-bond acceptors (Lipinski definition) is 2. The topological polar surface area (TPSA) is 58.2 Å². The Bertz CT molecular complexity index is 766. The van der Waals surface area contributed by atoms with Crippen LogP contribution in [0.4, 0.5) is 0 Å². The van der Waals surface area contributed by atoms with E-state index in [2.05, 4.69) is 10.6 Å². The first kappa shape index (κ1) is 18.7. The molecule has 0 aliphatic heterocycles. The Hall–Kier alpha value is -2.62. The highest BCUT2D eigenvalue weighted by Gasteiger charge is 2.35. The van der Waals surface area contributed by atoms with E-state index in [1.165, 1.54) is 0 Å². The van der Waals surface area contributed by atoms with Crippen LogP contribution in [0.3, 0.4) is 0 Å². The largest absolute Gasteiger partial charge is 0.351 e. The molecular formula is C21H26N2O2. The summed E-state index contributed by atoms with van der Waals surface area (Å²) >= 11 is 0. The molecule has 25 heavy (non-hydrogen) atoms. The normalized spacial score (nSPS) is 11.0. The number of aryl methyl sites for hydroxylation is 2. The molecule has 2 aromatic carbocycles. The molecule has 0 saturated heterocycles. The van der Waals surface area contributed by atoms with Crippen LogP contribution in [0, 0.1) is 19.3 Å². The van der Waals surface area contributed by atoms with Crippen LogP contribution in [-0.4, -0.2) is 11.8 Å². The molecule has 0 unspecified atom stereocenters. The van der Waals surface area contributed by atoms with E-state index in [0.29, 0.717) is 13.1 Å². The highest BCUT2D eigenvalue weighted by Crippen LogP contribution is 2.17. The monoisotopic (exact) mass is 338 g/mol. The van der Waals surface area contributed by atoms with Gasteiger partial charge in [-0.15, -0.1) is 0 Å². The van der Waals surface area contributed by atoms with Gasteiger partial charge >= 0.3 is 0 Å². The summed E-state index contributed by atoms with van der Waals surface area (Å²) in [4.78, 5) is 25.0. The quantitative estimate of drug-likeness (QED) is 0.794. The molecular weight excluding hydrogens is 312 g/mol. The first-order valence-corrected chi connectivity index (χ1v) is 8.47. The molecule has 2 N–H and O–H groups in total. The van der Waals surface area contributed by atoms with Gasteiger partial charge in [0.1, 0.15) is 5.41 Å². The van der Waals surface area contributed by atoms with Crippen molar-refractivity contribution in [1.29, 1.82) is 0 Å². The predicted octanol–water partition coefficient (Wildman–Crippen LogP) is 3.26. The third kappa shape index (κ3) is 4.92. The van der Waals surface area contributed by atoms with Crippen LogP contribution in [-0.2, 0) is 22.7 Å². The van der Waals surface area contributed by atoms with Crippen LogP contribution in [0.15, 0.2) is 48.5 Å². The summed E-state index contributed by atoms with van der Waals surface area (Å²) in [6.45, 7) is 8.13. The van der Waals surface area contributed by atoms with Crippen LogP contribution in [0.25, 0.3) is 0 Å².